The number of benzene rings is 1. The topological polar surface area (TPSA) is 51.1 Å². The van der Waals surface area contributed by atoms with Gasteiger partial charge in [0.1, 0.15) is 12.4 Å². The van der Waals surface area contributed by atoms with Crippen molar-refractivity contribution < 1.29 is 9.18 Å². The number of carbonyl (C=O) groups is 1. The van der Waals surface area contributed by atoms with Gasteiger partial charge in [-0.1, -0.05) is 12.1 Å². The maximum absolute atomic E-state index is 13.4. The molecule has 2 aromatic rings. The van der Waals surface area contributed by atoms with E-state index in [0.29, 0.717) is 11.4 Å². The molecule has 0 bridgehead atoms. The van der Waals surface area contributed by atoms with Crippen molar-refractivity contribution >= 4 is 11.6 Å². The van der Waals surface area contributed by atoms with Crippen LogP contribution >= 0.6 is 0 Å². The number of amides is 1. The second-order valence-electron chi connectivity index (χ2n) is 4.59. The molecule has 5 heteroatoms. The summed E-state index contributed by atoms with van der Waals surface area (Å²) < 4.78 is 15.1. The highest BCUT2D eigenvalue weighted by Gasteiger charge is 2.09. The highest BCUT2D eigenvalue weighted by atomic mass is 19.1. The first-order chi connectivity index (χ1) is 9.47. The highest BCUT2D eigenvalue weighted by Crippen LogP contribution is 2.12. The monoisotopic (exact) mass is 274 g/mol. The quantitative estimate of drug-likeness (QED) is 0.933. The van der Waals surface area contributed by atoms with Gasteiger partial charge in [-0.25, -0.2) is 4.39 Å². The summed E-state index contributed by atoms with van der Waals surface area (Å²) in [6.45, 7) is 3.54. The van der Waals surface area contributed by atoms with E-state index in [4.69, 9.17) is 0 Å². The summed E-state index contributed by atoms with van der Waals surface area (Å²) in [4.78, 5) is 23.3. The third-order valence-corrected chi connectivity index (χ3v) is 3.00. The molecule has 1 aromatic carbocycles. The first kappa shape index (κ1) is 14.0. The zero-order chi connectivity index (χ0) is 14.7. The summed E-state index contributed by atoms with van der Waals surface area (Å²) in [6, 6.07) is 8.91. The Kier molecular flexibility index (Phi) is 3.98. The normalized spacial score (nSPS) is 10.3. The van der Waals surface area contributed by atoms with Gasteiger partial charge < -0.3 is 9.88 Å². The molecule has 0 atom stereocenters. The van der Waals surface area contributed by atoms with Crippen molar-refractivity contribution in [3.8, 4) is 0 Å². The first-order valence-electron chi connectivity index (χ1n) is 6.20. The van der Waals surface area contributed by atoms with Crippen LogP contribution in [0.25, 0.3) is 0 Å². The lowest BCUT2D eigenvalue weighted by Gasteiger charge is -2.14. The van der Waals surface area contributed by atoms with Crippen LogP contribution in [0.2, 0.25) is 0 Å². The number of nitrogens with zero attached hydrogens (tertiary/aromatic N) is 1. The van der Waals surface area contributed by atoms with Gasteiger partial charge in [0, 0.05) is 23.5 Å². The molecule has 0 spiro atoms. The van der Waals surface area contributed by atoms with E-state index in [2.05, 4.69) is 5.32 Å². The van der Waals surface area contributed by atoms with E-state index >= 15 is 0 Å². The lowest BCUT2D eigenvalue weighted by atomic mass is 10.2. The number of anilines is 1. The Balaban J connectivity index is 2.17. The Bertz CT molecular complexity index is 681. The number of hydrogen-bond acceptors (Lipinski definition) is 2. The number of halogens is 1. The van der Waals surface area contributed by atoms with Gasteiger partial charge in [-0.2, -0.15) is 0 Å². The summed E-state index contributed by atoms with van der Waals surface area (Å²) in [5.41, 5.74) is 1.44. The van der Waals surface area contributed by atoms with Crippen LogP contribution in [0.15, 0.2) is 41.2 Å². The standard InChI is InChI=1S/C15H15FN2O2/c1-10-7-12(19)8-11(2)18(10)9-15(20)17-14-6-4-3-5-13(14)16/h3-8H,9H2,1-2H3,(H,17,20). The number of rotatable bonds is 3. The number of hydrogen-bond donors (Lipinski definition) is 1. The molecule has 20 heavy (non-hydrogen) atoms. The van der Waals surface area contributed by atoms with Gasteiger partial charge in [-0.05, 0) is 26.0 Å². The van der Waals surface area contributed by atoms with E-state index in [0.717, 1.165) is 0 Å². The number of para-hydroxylation sites is 1. The number of nitrogens with one attached hydrogen (secondary N) is 1. The third-order valence-electron chi connectivity index (χ3n) is 3.00. The minimum atomic E-state index is -0.478. The maximum Gasteiger partial charge on any atom is 0.244 e. The minimum Gasteiger partial charge on any atom is -0.340 e. The maximum atomic E-state index is 13.4. The van der Waals surface area contributed by atoms with Crippen LogP contribution in [0.1, 0.15) is 11.4 Å². The van der Waals surface area contributed by atoms with Crippen LogP contribution < -0.4 is 10.7 Å². The number of carbonyl (C=O) groups excluding carboxylic acids is 1. The zero-order valence-electron chi connectivity index (χ0n) is 11.3. The average Bonchev–Trinajstić information content (AvgIpc) is 2.36. The van der Waals surface area contributed by atoms with E-state index in [1.54, 1.807) is 30.5 Å². The number of aromatic nitrogens is 1. The summed E-state index contributed by atoms with van der Waals surface area (Å²) >= 11 is 0. The van der Waals surface area contributed by atoms with Crippen molar-refractivity contribution in [3.05, 3.63) is 63.8 Å². The molecular weight excluding hydrogens is 259 g/mol. The fourth-order valence-electron chi connectivity index (χ4n) is 2.03. The van der Waals surface area contributed by atoms with Crippen LogP contribution in [0.3, 0.4) is 0 Å². The Morgan fingerprint density at radius 3 is 2.40 bits per heavy atom. The molecule has 0 unspecified atom stereocenters. The van der Waals surface area contributed by atoms with E-state index < -0.39 is 5.82 Å². The Morgan fingerprint density at radius 2 is 1.80 bits per heavy atom. The van der Waals surface area contributed by atoms with Gasteiger partial charge >= 0.3 is 0 Å². The predicted octanol–water partition coefficient (Wildman–Crippen LogP) is 2.24. The van der Waals surface area contributed by atoms with Gasteiger partial charge in [-0.15, -0.1) is 0 Å². The lowest BCUT2D eigenvalue weighted by molar-refractivity contribution is -0.116. The van der Waals surface area contributed by atoms with Gasteiger partial charge in [0.25, 0.3) is 0 Å². The molecule has 0 aliphatic heterocycles. The molecule has 2 rings (SSSR count). The molecule has 104 valence electrons. The van der Waals surface area contributed by atoms with Gasteiger partial charge in [0.2, 0.25) is 5.91 Å². The van der Waals surface area contributed by atoms with Gasteiger partial charge in [0.05, 0.1) is 5.69 Å². The zero-order valence-corrected chi connectivity index (χ0v) is 11.3. The molecular formula is C15H15FN2O2. The fourth-order valence-corrected chi connectivity index (χ4v) is 2.03. The minimum absolute atomic E-state index is 0.0340. The van der Waals surface area contributed by atoms with Crippen molar-refractivity contribution in [3.63, 3.8) is 0 Å². The smallest absolute Gasteiger partial charge is 0.244 e. The molecule has 0 saturated heterocycles. The van der Waals surface area contributed by atoms with Gasteiger partial charge in [0.15, 0.2) is 5.43 Å². The molecule has 1 amide bonds. The van der Waals surface area contributed by atoms with Crippen LogP contribution in [0.5, 0.6) is 0 Å². The van der Waals surface area contributed by atoms with Crippen molar-refractivity contribution in [1.29, 1.82) is 0 Å². The molecule has 1 N–H and O–H groups in total. The molecule has 1 heterocycles. The third kappa shape index (κ3) is 3.12. The Labute approximate surface area is 115 Å². The van der Waals surface area contributed by atoms with E-state index in [9.17, 15) is 14.0 Å². The SMILES string of the molecule is Cc1cc(=O)cc(C)n1CC(=O)Nc1ccccc1F. The lowest BCUT2D eigenvalue weighted by Crippen LogP contribution is -2.23. The fraction of sp³-hybridized carbons (Fsp3) is 0.200. The predicted molar refractivity (Wildman–Crippen MR) is 75.2 cm³/mol. The molecule has 4 nitrogen and oxygen atoms in total. The van der Waals surface area contributed by atoms with E-state index in [1.165, 1.54) is 24.3 Å². The van der Waals surface area contributed by atoms with Gasteiger partial charge in [-0.3, -0.25) is 9.59 Å². The Morgan fingerprint density at radius 1 is 1.20 bits per heavy atom. The second-order valence-corrected chi connectivity index (χ2v) is 4.59. The number of pyridine rings is 1. The molecule has 0 radical (unpaired) electrons. The summed E-state index contributed by atoms with van der Waals surface area (Å²) in [6.07, 6.45) is 0. The van der Waals surface area contributed by atoms with Crippen LogP contribution in [-0.4, -0.2) is 10.5 Å². The van der Waals surface area contributed by atoms with Crippen molar-refractivity contribution in [2.75, 3.05) is 5.32 Å². The van der Waals surface area contributed by atoms with Crippen LogP contribution in [0.4, 0.5) is 10.1 Å². The summed E-state index contributed by atoms with van der Waals surface area (Å²) in [5, 5.41) is 2.51. The van der Waals surface area contributed by atoms with E-state index in [-0.39, 0.29) is 23.6 Å². The second kappa shape index (κ2) is 5.69. The molecule has 0 saturated carbocycles. The van der Waals surface area contributed by atoms with Crippen molar-refractivity contribution in [2.24, 2.45) is 0 Å². The van der Waals surface area contributed by atoms with E-state index in [1.807, 2.05) is 0 Å². The summed E-state index contributed by atoms with van der Waals surface area (Å²) in [5.74, 6) is -0.820. The van der Waals surface area contributed by atoms with Crippen LogP contribution in [0, 0.1) is 19.7 Å². The summed E-state index contributed by atoms with van der Waals surface area (Å²) in [7, 11) is 0. The average molecular weight is 274 g/mol. The highest BCUT2D eigenvalue weighted by molar-refractivity contribution is 5.90. The first-order valence-corrected chi connectivity index (χ1v) is 6.20. The van der Waals surface area contributed by atoms with Crippen molar-refractivity contribution in [2.45, 2.75) is 20.4 Å². The molecule has 0 fully saturated rings. The largest absolute Gasteiger partial charge is 0.340 e. The Hall–Kier alpha value is -2.43. The van der Waals surface area contributed by atoms with Crippen molar-refractivity contribution in [1.82, 2.24) is 4.57 Å². The van der Waals surface area contributed by atoms with Crippen LogP contribution in [-0.2, 0) is 11.3 Å². The molecule has 0 aliphatic rings. The molecule has 1 aromatic heterocycles. The molecule has 0 aliphatic carbocycles. The number of aryl methyl sites for hydroxylation is 2.